The number of hydrogen-bond acceptors (Lipinski definition) is 3. The van der Waals surface area contributed by atoms with E-state index in [1.165, 1.54) is 4.90 Å². The number of carbonyl (C=O) groups excluding carboxylic acids is 1. The number of thioether (sulfide) groups is 1. The second-order valence-electron chi connectivity index (χ2n) is 5.10. The summed E-state index contributed by atoms with van der Waals surface area (Å²) in [6.45, 7) is 3.92. The number of amides is 1. The van der Waals surface area contributed by atoms with E-state index in [2.05, 4.69) is 17.6 Å². The Hall–Kier alpha value is -1.00. The fourth-order valence-electron chi connectivity index (χ4n) is 2.56. The zero-order valence-corrected chi connectivity index (χ0v) is 12.5. The van der Waals surface area contributed by atoms with Gasteiger partial charge in [-0.1, -0.05) is 6.92 Å². The van der Waals surface area contributed by atoms with Crippen LogP contribution in [0.25, 0.3) is 0 Å². The lowest BCUT2D eigenvalue weighted by atomic mass is 9.77. The zero-order valence-electron chi connectivity index (χ0n) is 11.7. The van der Waals surface area contributed by atoms with Gasteiger partial charge in [0, 0.05) is 17.1 Å². The molecule has 0 aliphatic carbocycles. The van der Waals surface area contributed by atoms with Crippen molar-refractivity contribution in [1.29, 1.82) is 0 Å². The SMILES string of the molecule is CCC1(C(=O)Nc2ccc(SC)cc2)CCCNC1. The van der Waals surface area contributed by atoms with Crippen LogP contribution in [0.1, 0.15) is 26.2 Å². The van der Waals surface area contributed by atoms with Crippen LogP contribution in [0.4, 0.5) is 5.69 Å². The van der Waals surface area contributed by atoms with Gasteiger partial charge in [-0.2, -0.15) is 0 Å². The van der Waals surface area contributed by atoms with Crippen molar-refractivity contribution in [3.63, 3.8) is 0 Å². The molecule has 2 rings (SSSR count). The highest BCUT2D eigenvalue weighted by molar-refractivity contribution is 7.98. The molecule has 0 spiro atoms. The zero-order chi connectivity index (χ0) is 13.7. The average molecular weight is 278 g/mol. The topological polar surface area (TPSA) is 41.1 Å². The van der Waals surface area contributed by atoms with Gasteiger partial charge in [-0.3, -0.25) is 4.79 Å². The summed E-state index contributed by atoms with van der Waals surface area (Å²) in [5, 5.41) is 6.41. The minimum Gasteiger partial charge on any atom is -0.326 e. The van der Waals surface area contributed by atoms with Crippen LogP contribution in [0.2, 0.25) is 0 Å². The molecule has 1 saturated heterocycles. The first kappa shape index (κ1) is 14.4. The molecule has 0 aromatic heterocycles. The summed E-state index contributed by atoms with van der Waals surface area (Å²) in [6, 6.07) is 8.03. The lowest BCUT2D eigenvalue weighted by molar-refractivity contribution is -0.126. The Kier molecular flexibility index (Phi) is 4.88. The van der Waals surface area contributed by atoms with E-state index in [-0.39, 0.29) is 11.3 Å². The fourth-order valence-corrected chi connectivity index (χ4v) is 2.97. The van der Waals surface area contributed by atoms with Crippen molar-refractivity contribution in [2.75, 3.05) is 24.7 Å². The number of nitrogens with one attached hydrogen (secondary N) is 2. The minimum absolute atomic E-state index is 0.152. The fraction of sp³-hybridized carbons (Fsp3) is 0.533. The maximum Gasteiger partial charge on any atom is 0.231 e. The van der Waals surface area contributed by atoms with Crippen molar-refractivity contribution in [1.82, 2.24) is 5.32 Å². The Morgan fingerprint density at radius 2 is 2.16 bits per heavy atom. The molecule has 0 radical (unpaired) electrons. The molecule has 19 heavy (non-hydrogen) atoms. The molecule has 104 valence electrons. The van der Waals surface area contributed by atoms with Gasteiger partial charge in [0.05, 0.1) is 5.41 Å². The van der Waals surface area contributed by atoms with Gasteiger partial charge in [0.25, 0.3) is 0 Å². The van der Waals surface area contributed by atoms with Gasteiger partial charge in [0.2, 0.25) is 5.91 Å². The highest BCUT2D eigenvalue weighted by Gasteiger charge is 2.37. The Bertz CT molecular complexity index is 424. The summed E-state index contributed by atoms with van der Waals surface area (Å²) in [4.78, 5) is 13.7. The van der Waals surface area contributed by atoms with E-state index >= 15 is 0 Å². The molecule has 1 aromatic carbocycles. The van der Waals surface area contributed by atoms with Crippen LogP contribution in [0.5, 0.6) is 0 Å². The van der Waals surface area contributed by atoms with Crippen LogP contribution in [0.3, 0.4) is 0 Å². The molecule has 1 heterocycles. The first-order valence-corrected chi connectivity index (χ1v) is 8.09. The predicted molar refractivity (Wildman–Crippen MR) is 81.7 cm³/mol. The van der Waals surface area contributed by atoms with Crippen molar-refractivity contribution in [3.05, 3.63) is 24.3 Å². The summed E-state index contributed by atoms with van der Waals surface area (Å²) in [6.07, 6.45) is 4.99. The third-order valence-corrected chi connectivity index (χ3v) is 4.72. The molecule has 3 nitrogen and oxygen atoms in total. The maximum absolute atomic E-state index is 12.5. The molecule has 0 saturated carbocycles. The number of rotatable bonds is 4. The highest BCUT2D eigenvalue weighted by Crippen LogP contribution is 2.31. The van der Waals surface area contributed by atoms with Crippen LogP contribution < -0.4 is 10.6 Å². The molecule has 0 bridgehead atoms. The Morgan fingerprint density at radius 1 is 1.42 bits per heavy atom. The van der Waals surface area contributed by atoms with Crippen molar-refractivity contribution in [2.24, 2.45) is 5.41 Å². The summed E-state index contributed by atoms with van der Waals surface area (Å²) in [5.74, 6) is 0.152. The van der Waals surface area contributed by atoms with E-state index in [4.69, 9.17) is 0 Å². The first-order chi connectivity index (χ1) is 9.20. The van der Waals surface area contributed by atoms with Gasteiger partial charge in [0.1, 0.15) is 0 Å². The quantitative estimate of drug-likeness (QED) is 0.831. The van der Waals surface area contributed by atoms with E-state index in [1.54, 1.807) is 11.8 Å². The Morgan fingerprint density at radius 3 is 2.68 bits per heavy atom. The molecule has 1 aliphatic rings. The number of hydrogen-bond donors (Lipinski definition) is 2. The lowest BCUT2D eigenvalue weighted by Crippen LogP contribution is -2.47. The largest absolute Gasteiger partial charge is 0.326 e. The molecule has 1 fully saturated rings. The third kappa shape index (κ3) is 3.31. The van der Waals surface area contributed by atoms with Crippen LogP contribution in [0.15, 0.2) is 29.2 Å². The molecule has 2 N–H and O–H groups in total. The molecule has 1 unspecified atom stereocenters. The predicted octanol–water partition coefficient (Wildman–Crippen LogP) is 3.13. The van der Waals surface area contributed by atoms with Crippen molar-refractivity contribution in [3.8, 4) is 0 Å². The smallest absolute Gasteiger partial charge is 0.231 e. The van der Waals surface area contributed by atoms with Crippen molar-refractivity contribution >= 4 is 23.4 Å². The van der Waals surface area contributed by atoms with E-state index in [0.717, 1.165) is 38.0 Å². The van der Waals surface area contributed by atoms with E-state index < -0.39 is 0 Å². The maximum atomic E-state index is 12.5. The van der Waals surface area contributed by atoms with Crippen LogP contribution in [0, 0.1) is 5.41 Å². The highest BCUT2D eigenvalue weighted by atomic mass is 32.2. The lowest BCUT2D eigenvalue weighted by Gasteiger charge is -2.35. The molecule has 4 heteroatoms. The normalized spacial score (nSPS) is 23.1. The molecular weight excluding hydrogens is 256 g/mol. The standard InChI is InChI=1S/C15H22N2OS/c1-3-15(9-4-10-16-11-15)14(18)17-12-5-7-13(19-2)8-6-12/h5-8,16H,3-4,9-11H2,1-2H3,(H,17,18). The van der Waals surface area contributed by atoms with Crippen molar-refractivity contribution in [2.45, 2.75) is 31.1 Å². The summed E-state index contributed by atoms with van der Waals surface area (Å²) >= 11 is 1.71. The monoisotopic (exact) mass is 278 g/mol. The number of carbonyl (C=O) groups is 1. The number of piperidine rings is 1. The van der Waals surface area contributed by atoms with Crippen LogP contribution >= 0.6 is 11.8 Å². The van der Waals surface area contributed by atoms with Gasteiger partial charge in [-0.25, -0.2) is 0 Å². The van der Waals surface area contributed by atoms with Gasteiger partial charge >= 0.3 is 0 Å². The van der Waals surface area contributed by atoms with Crippen molar-refractivity contribution < 1.29 is 4.79 Å². The molecular formula is C15H22N2OS. The van der Waals surface area contributed by atoms with Gasteiger partial charge < -0.3 is 10.6 Å². The summed E-state index contributed by atoms with van der Waals surface area (Å²) in [7, 11) is 0. The van der Waals surface area contributed by atoms with Gasteiger partial charge in [-0.05, 0) is 56.3 Å². The van der Waals surface area contributed by atoms with Crippen LogP contribution in [-0.4, -0.2) is 25.3 Å². The van der Waals surface area contributed by atoms with E-state index in [0.29, 0.717) is 0 Å². The second kappa shape index (κ2) is 6.44. The molecule has 1 aromatic rings. The minimum atomic E-state index is -0.240. The Balaban J connectivity index is 2.05. The summed E-state index contributed by atoms with van der Waals surface area (Å²) in [5.41, 5.74) is 0.650. The summed E-state index contributed by atoms with van der Waals surface area (Å²) < 4.78 is 0. The van der Waals surface area contributed by atoms with Gasteiger partial charge in [0.15, 0.2) is 0 Å². The number of anilines is 1. The second-order valence-corrected chi connectivity index (χ2v) is 5.98. The molecule has 1 amide bonds. The molecule has 1 atom stereocenters. The third-order valence-electron chi connectivity index (χ3n) is 3.98. The molecule has 1 aliphatic heterocycles. The first-order valence-electron chi connectivity index (χ1n) is 6.86. The average Bonchev–Trinajstić information content (AvgIpc) is 2.48. The van der Waals surface area contributed by atoms with Crippen LogP contribution in [-0.2, 0) is 4.79 Å². The number of benzene rings is 1. The van der Waals surface area contributed by atoms with E-state index in [1.807, 2.05) is 30.5 Å². The van der Waals surface area contributed by atoms with E-state index in [9.17, 15) is 4.79 Å². The van der Waals surface area contributed by atoms with Gasteiger partial charge in [-0.15, -0.1) is 11.8 Å². The Labute approximate surface area is 119 Å².